The quantitative estimate of drug-likeness (QED) is 0.206. The number of benzene rings is 3. The number of hydrogen-bond donors (Lipinski definition) is 1. The molecule has 1 aliphatic rings. The first-order chi connectivity index (χ1) is 24.6. The number of aliphatic hydroxyl groups excluding tert-OH is 1. The van der Waals surface area contributed by atoms with Crippen molar-refractivity contribution in [3.8, 4) is 11.6 Å². The highest BCUT2D eigenvalue weighted by Gasteiger charge is 2.38. The van der Waals surface area contributed by atoms with E-state index in [2.05, 4.69) is 4.98 Å². The Bertz CT molecular complexity index is 2210. The van der Waals surface area contributed by atoms with Crippen LogP contribution in [-0.2, 0) is 16.1 Å². The molecule has 1 aliphatic heterocycles. The normalized spacial score (nSPS) is 16.8. The van der Waals surface area contributed by atoms with E-state index in [9.17, 15) is 33.5 Å². The second kappa shape index (κ2) is 15.4. The smallest absolute Gasteiger partial charge is 0.344 e. The molecule has 6 rings (SSSR count). The van der Waals surface area contributed by atoms with Gasteiger partial charge in [-0.15, -0.1) is 0 Å². The van der Waals surface area contributed by atoms with Crippen LogP contribution >= 0.6 is 11.6 Å². The zero-order valence-electron chi connectivity index (χ0n) is 26.4. The topological polar surface area (TPSA) is 165 Å². The molecule has 13 nitrogen and oxygen atoms in total. The SMILES string of the molecule is O=C(Oc1cc(OC(=O)c2ccccc2)c(Cl)cn1)c1cccc(C(=O)n2c(=O)c(F)cn([C@H]3C[C@H](OCc4ccccc4)[C@@H](CO)O3)c2=O)c1. The average Bonchev–Trinajstić information content (AvgIpc) is 3.57. The lowest BCUT2D eigenvalue weighted by Gasteiger charge is -2.17. The fourth-order valence-electron chi connectivity index (χ4n) is 5.25. The van der Waals surface area contributed by atoms with E-state index in [4.69, 9.17) is 30.5 Å². The number of ether oxygens (including phenoxy) is 4. The lowest BCUT2D eigenvalue weighted by atomic mass is 10.1. The Morgan fingerprint density at radius 3 is 2.29 bits per heavy atom. The van der Waals surface area contributed by atoms with Crippen molar-refractivity contribution < 1.29 is 42.8 Å². The first kappa shape index (κ1) is 35.0. The number of halogens is 2. The maximum absolute atomic E-state index is 15.0. The first-order valence-electron chi connectivity index (χ1n) is 15.4. The molecule has 1 N–H and O–H groups in total. The summed E-state index contributed by atoms with van der Waals surface area (Å²) in [6.45, 7) is -0.296. The number of esters is 2. The van der Waals surface area contributed by atoms with Crippen LogP contribution in [0.15, 0.2) is 113 Å². The van der Waals surface area contributed by atoms with Crippen molar-refractivity contribution >= 4 is 29.4 Å². The van der Waals surface area contributed by atoms with Gasteiger partial charge in [-0.1, -0.05) is 66.2 Å². The number of carbonyl (C=O) groups excluding carboxylic acids is 3. The zero-order valence-corrected chi connectivity index (χ0v) is 27.1. The summed E-state index contributed by atoms with van der Waals surface area (Å²) in [4.78, 5) is 69.3. The van der Waals surface area contributed by atoms with Crippen LogP contribution in [0.4, 0.5) is 4.39 Å². The molecule has 260 valence electrons. The van der Waals surface area contributed by atoms with E-state index in [0.29, 0.717) is 6.20 Å². The van der Waals surface area contributed by atoms with Crippen LogP contribution in [-0.4, -0.2) is 55.9 Å². The van der Waals surface area contributed by atoms with Gasteiger partial charge in [0.25, 0.3) is 11.5 Å². The van der Waals surface area contributed by atoms with E-state index in [1.807, 2.05) is 30.3 Å². The Balaban J connectivity index is 1.20. The average molecular weight is 716 g/mol. The van der Waals surface area contributed by atoms with E-state index in [1.54, 1.807) is 18.2 Å². The molecule has 1 fully saturated rings. The van der Waals surface area contributed by atoms with Crippen LogP contribution in [0.2, 0.25) is 5.02 Å². The van der Waals surface area contributed by atoms with Crippen LogP contribution in [0.25, 0.3) is 0 Å². The van der Waals surface area contributed by atoms with Gasteiger partial charge in [-0.05, 0) is 35.9 Å². The Kier molecular flexibility index (Phi) is 10.6. The Labute approximate surface area is 293 Å². The summed E-state index contributed by atoms with van der Waals surface area (Å²) in [5.41, 5.74) is -2.17. The summed E-state index contributed by atoms with van der Waals surface area (Å²) in [6.07, 6.45) is -1.03. The number of nitrogens with zero attached hydrogens (tertiary/aromatic N) is 3. The molecule has 0 saturated carbocycles. The van der Waals surface area contributed by atoms with Gasteiger partial charge in [-0.2, -0.15) is 8.96 Å². The molecule has 3 heterocycles. The van der Waals surface area contributed by atoms with Gasteiger partial charge in [-0.25, -0.2) is 19.4 Å². The summed E-state index contributed by atoms with van der Waals surface area (Å²) in [5, 5.41) is 9.84. The van der Waals surface area contributed by atoms with E-state index >= 15 is 0 Å². The van der Waals surface area contributed by atoms with Crippen molar-refractivity contribution in [1.82, 2.24) is 14.1 Å². The van der Waals surface area contributed by atoms with E-state index in [1.165, 1.54) is 30.3 Å². The fraction of sp³-hybridized carbons (Fsp3) is 0.167. The van der Waals surface area contributed by atoms with Crippen LogP contribution in [0.3, 0.4) is 0 Å². The van der Waals surface area contributed by atoms with Crippen LogP contribution < -0.4 is 20.7 Å². The molecule has 2 aromatic heterocycles. The third-order valence-corrected chi connectivity index (χ3v) is 8.09. The molecule has 3 aromatic carbocycles. The molecule has 0 aliphatic carbocycles. The molecule has 15 heteroatoms. The van der Waals surface area contributed by atoms with Crippen molar-refractivity contribution in [2.45, 2.75) is 31.5 Å². The number of aromatic nitrogens is 3. The largest absolute Gasteiger partial charge is 0.421 e. The van der Waals surface area contributed by atoms with E-state index in [-0.39, 0.29) is 50.9 Å². The summed E-state index contributed by atoms with van der Waals surface area (Å²) in [6, 6.07) is 23.2. The third-order valence-electron chi connectivity index (χ3n) is 7.80. The molecular weight excluding hydrogens is 689 g/mol. The van der Waals surface area contributed by atoms with Gasteiger partial charge < -0.3 is 24.1 Å². The predicted octanol–water partition coefficient (Wildman–Crippen LogP) is 4.19. The summed E-state index contributed by atoms with van der Waals surface area (Å²) in [7, 11) is 0. The van der Waals surface area contributed by atoms with Crippen molar-refractivity contribution in [2.24, 2.45) is 0 Å². The Hall–Kier alpha value is -5.80. The van der Waals surface area contributed by atoms with Crippen LogP contribution in [0.5, 0.6) is 11.6 Å². The molecule has 0 radical (unpaired) electrons. The molecule has 0 amide bonds. The maximum atomic E-state index is 15.0. The van der Waals surface area contributed by atoms with Gasteiger partial charge in [0.15, 0.2) is 5.75 Å². The van der Waals surface area contributed by atoms with E-state index in [0.717, 1.165) is 28.5 Å². The van der Waals surface area contributed by atoms with Crippen LogP contribution in [0.1, 0.15) is 49.3 Å². The molecule has 0 unspecified atom stereocenters. The van der Waals surface area contributed by atoms with Crippen LogP contribution in [0, 0.1) is 5.82 Å². The van der Waals surface area contributed by atoms with Gasteiger partial charge in [-0.3, -0.25) is 14.2 Å². The number of carbonyl (C=O) groups is 3. The van der Waals surface area contributed by atoms with Gasteiger partial charge in [0.05, 0.1) is 42.8 Å². The number of rotatable bonds is 10. The second-order valence-corrected chi connectivity index (χ2v) is 11.6. The standard InChI is InChI=1S/C36H27ClFN3O10/c37-25-17-39-30(15-27(25)50-34(45)22-10-5-2-6-11-22)51-35(46)24-13-7-12-23(14-24)32(43)41-33(44)26(38)18-40(36(41)47)31-16-28(29(19-42)49-31)48-20-21-8-3-1-4-9-21/h1-15,17-18,28-29,31,42H,16,19-20H2/t28-,29+,31+/m0/s1. The van der Waals surface area contributed by atoms with E-state index < -0.39 is 60.0 Å². The Morgan fingerprint density at radius 2 is 1.57 bits per heavy atom. The highest BCUT2D eigenvalue weighted by molar-refractivity contribution is 6.32. The second-order valence-electron chi connectivity index (χ2n) is 11.2. The minimum atomic E-state index is -1.52. The molecule has 0 spiro atoms. The molecule has 1 saturated heterocycles. The number of aliphatic hydroxyl groups is 1. The molecule has 3 atom stereocenters. The summed E-state index contributed by atoms with van der Waals surface area (Å²) < 4.78 is 38.1. The summed E-state index contributed by atoms with van der Waals surface area (Å²) >= 11 is 6.12. The number of hydrogen-bond acceptors (Lipinski definition) is 11. The lowest BCUT2D eigenvalue weighted by molar-refractivity contribution is -0.0661. The third kappa shape index (κ3) is 7.84. The monoisotopic (exact) mass is 715 g/mol. The van der Waals surface area contributed by atoms with Crippen molar-refractivity contribution in [1.29, 1.82) is 0 Å². The zero-order chi connectivity index (χ0) is 36.1. The minimum absolute atomic E-state index is 0.00295. The van der Waals surface area contributed by atoms with Crippen molar-refractivity contribution in [3.05, 3.63) is 157 Å². The van der Waals surface area contributed by atoms with Gasteiger partial charge in [0, 0.05) is 18.1 Å². The Morgan fingerprint density at radius 1 is 0.902 bits per heavy atom. The molecule has 0 bridgehead atoms. The van der Waals surface area contributed by atoms with Gasteiger partial charge >= 0.3 is 17.6 Å². The highest BCUT2D eigenvalue weighted by atomic mass is 35.5. The fourth-order valence-corrected chi connectivity index (χ4v) is 5.39. The van der Waals surface area contributed by atoms with Crippen molar-refractivity contribution in [3.63, 3.8) is 0 Å². The number of pyridine rings is 1. The maximum Gasteiger partial charge on any atom is 0.344 e. The predicted molar refractivity (Wildman–Crippen MR) is 177 cm³/mol. The van der Waals surface area contributed by atoms with Gasteiger partial charge in [0.1, 0.15) is 17.4 Å². The molecule has 51 heavy (non-hydrogen) atoms. The summed E-state index contributed by atoms with van der Waals surface area (Å²) in [5.74, 6) is -4.83. The highest BCUT2D eigenvalue weighted by Crippen LogP contribution is 2.31. The lowest BCUT2D eigenvalue weighted by Crippen LogP contribution is -2.46. The molecular formula is C36H27ClFN3O10. The minimum Gasteiger partial charge on any atom is -0.421 e. The molecule has 5 aromatic rings. The first-order valence-corrected chi connectivity index (χ1v) is 15.8. The van der Waals surface area contributed by atoms with Crippen molar-refractivity contribution in [2.75, 3.05) is 6.61 Å². The van der Waals surface area contributed by atoms with Gasteiger partial charge in [0.2, 0.25) is 11.7 Å².